The molecule has 0 unspecified atom stereocenters. The number of rotatable bonds is 4. The van der Waals surface area contributed by atoms with Crippen molar-refractivity contribution < 1.29 is 9.53 Å². The fourth-order valence-electron chi connectivity index (χ4n) is 3.02. The van der Waals surface area contributed by atoms with Gasteiger partial charge in [0.1, 0.15) is 12.4 Å². The summed E-state index contributed by atoms with van der Waals surface area (Å²) in [5.41, 5.74) is 2.86. The SMILES string of the molecule is N#Cc1ccc2c(ccn2C(=O)c2ccccc2OCc2ccccc2)c1. The summed E-state index contributed by atoms with van der Waals surface area (Å²) in [6.07, 6.45) is 1.72. The fraction of sp³-hybridized carbons (Fsp3) is 0.0435. The van der Waals surface area contributed by atoms with Crippen LogP contribution in [-0.2, 0) is 6.61 Å². The number of fused-ring (bicyclic) bond motifs is 1. The molecule has 0 aliphatic rings. The minimum absolute atomic E-state index is 0.168. The lowest BCUT2D eigenvalue weighted by Gasteiger charge is -2.12. The Hall–Kier alpha value is -3.84. The monoisotopic (exact) mass is 352 g/mol. The highest BCUT2D eigenvalue weighted by Crippen LogP contribution is 2.24. The normalized spacial score (nSPS) is 10.5. The van der Waals surface area contributed by atoms with Gasteiger partial charge in [0.25, 0.3) is 5.91 Å². The topological polar surface area (TPSA) is 55.0 Å². The molecule has 0 aliphatic heterocycles. The van der Waals surface area contributed by atoms with Gasteiger partial charge in [-0.1, -0.05) is 42.5 Å². The molecule has 27 heavy (non-hydrogen) atoms. The van der Waals surface area contributed by atoms with E-state index in [1.807, 2.05) is 48.5 Å². The van der Waals surface area contributed by atoms with E-state index >= 15 is 0 Å². The molecule has 0 saturated heterocycles. The minimum atomic E-state index is -0.168. The van der Waals surface area contributed by atoms with Crippen LogP contribution < -0.4 is 4.74 Å². The van der Waals surface area contributed by atoms with Crippen LogP contribution in [0.1, 0.15) is 21.5 Å². The number of para-hydroxylation sites is 1. The van der Waals surface area contributed by atoms with Crippen LogP contribution in [0.2, 0.25) is 0 Å². The van der Waals surface area contributed by atoms with E-state index < -0.39 is 0 Å². The quantitative estimate of drug-likeness (QED) is 0.531. The van der Waals surface area contributed by atoms with Gasteiger partial charge in [0.05, 0.1) is 22.7 Å². The van der Waals surface area contributed by atoms with Crippen LogP contribution >= 0.6 is 0 Å². The van der Waals surface area contributed by atoms with Gasteiger partial charge in [-0.05, 0) is 42.0 Å². The second-order valence-corrected chi connectivity index (χ2v) is 6.15. The zero-order valence-electron chi connectivity index (χ0n) is 14.5. The lowest BCUT2D eigenvalue weighted by atomic mass is 10.1. The Kier molecular flexibility index (Phi) is 4.42. The molecular formula is C23H16N2O2. The molecule has 4 nitrogen and oxygen atoms in total. The number of nitriles is 1. The smallest absolute Gasteiger partial charge is 0.266 e. The van der Waals surface area contributed by atoms with Crippen molar-refractivity contribution in [3.05, 3.63) is 102 Å². The Morgan fingerprint density at radius 1 is 0.963 bits per heavy atom. The number of benzene rings is 3. The van der Waals surface area contributed by atoms with Gasteiger partial charge in [-0.25, -0.2) is 0 Å². The number of hydrogen-bond acceptors (Lipinski definition) is 3. The molecule has 0 bridgehead atoms. The summed E-state index contributed by atoms with van der Waals surface area (Å²) in [4.78, 5) is 13.1. The summed E-state index contributed by atoms with van der Waals surface area (Å²) in [5.74, 6) is 0.375. The molecule has 0 spiro atoms. The van der Waals surface area contributed by atoms with Gasteiger partial charge in [-0.15, -0.1) is 0 Å². The van der Waals surface area contributed by atoms with Crippen molar-refractivity contribution in [1.82, 2.24) is 4.57 Å². The summed E-state index contributed by atoms with van der Waals surface area (Å²) in [6.45, 7) is 0.392. The second kappa shape index (κ2) is 7.19. The molecule has 0 atom stereocenters. The highest BCUT2D eigenvalue weighted by Gasteiger charge is 2.16. The van der Waals surface area contributed by atoms with Crippen molar-refractivity contribution in [3.63, 3.8) is 0 Å². The minimum Gasteiger partial charge on any atom is -0.488 e. The maximum absolute atomic E-state index is 13.1. The number of carbonyl (C=O) groups excluding carboxylic acids is 1. The zero-order valence-corrected chi connectivity index (χ0v) is 14.5. The third-order valence-electron chi connectivity index (χ3n) is 4.39. The van der Waals surface area contributed by atoms with Gasteiger partial charge < -0.3 is 4.74 Å². The van der Waals surface area contributed by atoms with E-state index in [9.17, 15) is 4.79 Å². The lowest BCUT2D eigenvalue weighted by molar-refractivity contribution is 0.0960. The molecule has 4 rings (SSSR count). The van der Waals surface area contributed by atoms with E-state index in [0.717, 1.165) is 16.5 Å². The molecule has 1 heterocycles. The Bertz CT molecular complexity index is 1150. The van der Waals surface area contributed by atoms with Gasteiger partial charge in [-0.3, -0.25) is 9.36 Å². The van der Waals surface area contributed by atoms with E-state index in [-0.39, 0.29) is 5.91 Å². The number of carbonyl (C=O) groups is 1. The summed E-state index contributed by atoms with van der Waals surface area (Å²) < 4.78 is 7.50. The first-order chi connectivity index (χ1) is 13.3. The molecule has 0 fully saturated rings. The highest BCUT2D eigenvalue weighted by molar-refractivity contribution is 6.04. The fourth-order valence-corrected chi connectivity index (χ4v) is 3.02. The first-order valence-corrected chi connectivity index (χ1v) is 8.58. The third kappa shape index (κ3) is 3.31. The van der Waals surface area contributed by atoms with Crippen LogP contribution in [0.25, 0.3) is 10.9 Å². The molecule has 0 radical (unpaired) electrons. The maximum atomic E-state index is 13.1. The third-order valence-corrected chi connectivity index (χ3v) is 4.39. The van der Waals surface area contributed by atoms with Crippen molar-refractivity contribution >= 4 is 16.8 Å². The standard InChI is InChI=1S/C23H16N2O2/c24-15-18-10-11-21-19(14-18)12-13-25(21)23(26)20-8-4-5-9-22(20)27-16-17-6-2-1-3-7-17/h1-14H,16H2. The van der Waals surface area contributed by atoms with Gasteiger partial charge >= 0.3 is 0 Å². The van der Waals surface area contributed by atoms with Gasteiger partial charge in [0.2, 0.25) is 0 Å². The predicted octanol–water partition coefficient (Wildman–Crippen LogP) is 4.78. The Balaban J connectivity index is 1.66. The predicted molar refractivity (Wildman–Crippen MR) is 104 cm³/mol. The molecule has 4 heteroatoms. The van der Waals surface area contributed by atoms with Crippen LogP contribution in [0.5, 0.6) is 5.75 Å². The molecular weight excluding hydrogens is 336 g/mol. The second-order valence-electron chi connectivity index (χ2n) is 6.15. The van der Waals surface area contributed by atoms with Crippen molar-refractivity contribution in [2.75, 3.05) is 0 Å². The van der Waals surface area contributed by atoms with Crippen LogP contribution in [0.3, 0.4) is 0 Å². The largest absolute Gasteiger partial charge is 0.488 e. The average Bonchev–Trinajstić information content (AvgIpc) is 3.16. The van der Waals surface area contributed by atoms with Crippen molar-refractivity contribution in [2.45, 2.75) is 6.61 Å². The molecule has 1 aromatic heterocycles. The molecule has 0 N–H and O–H groups in total. The average molecular weight is 352 g/mol. The Labute approximate surface area is 156 Å². The lowest BCUT2D eigenvalue weighted by Crippen LogP contribution is -2.12. The Morgan fingerprint density at radius 2 is 1.74 bits per heavy atom. The summed E-state index contributed by atoms with van der Waals surface area (Å²) in [7, 11) is 0. The van der Waals surface area contributed by atoms with E-state index in [0.29, 0.717) is 23.5 Å². The molecule has 130 valence electrons. The Morgan fingerprint density at radius 3 is 2.56 bits per heavy atom. The van der Waals surface area contributed by atoms with Gasteiger partial charge in [0.15, 0.2) is 0 Å². The van der Waals surface area contributed by atoms with Crippen molar-refractivity contribution in [3.8, 4) is 11.8 Å². The van der Waals surface area contributed by atoms with E-state index in [2.05, 4.69) is 6.07 Å². The zero-order chi connectivity index (χ0) is 18.6. The van der Waals surface area contributed by atoms with Crippen LogP contribution in [0.15, 0.2) is 85.1 Å². The molecule has 4 aromatic rings. The van der Waals surface area contributed by atoms with E-state index in [4.69, 9.17) is 10.00 Å². The summed E-state index contributed by atoms with van der Waals surface area (Å²) >= 11 is 0. The van der Waals surface area contributed by atoms with Gasteiger partial charge in [-0.2, -0.15) is 5.26 Å². The van der Waals surface area contributed by atoms with E-state index in [1.54, 1.807) is 41.1 Å². The number of nitrogens with zero attached hydrogens (tertiary/aromatic N) is 2. The number of aromatic nitrogens is 1. The van der Waals surface area contributed by atoms with Gasteiger partial charge in [0, 0.05) is 11.6 Å². The maximum Gasteiger partial charge on any atom is 0.266 e. The van der Waals surface area contributed by atoms with E-state index in [1.165, 1.54) is 0 Å². The summed E-state index contributed by atoms with van der Waals surface area (Å²) in [5, 5.41) is 9.89. The van der Waals surface area contributed by atoms with Crippen molar-refractivity contribution in [2.24, 2.45) is 0 Å². The van der Waals surface area contributed by atoms with Crippen LogP contribution in [0, 0.1) is 11.3 Å². The molecule has 0 amide bonds. The first-order valence-electron chi connectivity index (χ1n) is 8.58. The first kappa shape index (κ1) is 16.6. The highest BCUT2D eigenvalue weighted by atomic mass is 16.5. The summed E-state index contributed by atoms with van der Waals surface area (Å²) in [6, 6.07) is 26.3. The number of ether oxygens (including phenoxy) is 1. The van der Waals surface area contributed by atoms with Crippen LogP contribution in [-0.4, -0.2) is 10.5 Å². The van der Waals surface area contributed by atoms with Crippen molar-refractivity contribution in [1.29, 1.82) is 5.26 Å². The molecule has 0 aliphatic carbocycles. The van der Waals surface area contributed by atoms with Crippen LogP contribution in [0.4, 0.5) is 0 Å². The molecule has 0 saturated carbocycles. The molecule has 3 aromatic carbocycles. The number of hydrogen-bond donors (Lipinski definition) is 0.